The Morgan fingerprint density at radius 2 is 1.96 bits per heavy atom. The normalized spacial score (nSPS) is 16.2. The number of rotatable bonds is 6. The van der Waals surface area contributed by atoms with Gasteiger partial charge in [0.25, 0.3) is 0 Å². The first kappa shape index (κ1) is 18.9. The molecular formula is C19H24BrN3O3. The topological polar surface area (TPSA) is 58.0 Å². The van der Waals surface area contributed by atoms with Crippen LogP contribution < -0.4 is 5.32 Å². The number of ether oxygens (including phenoxy) is 1. The molecule has 0 saturated carbocycles. The van der Waals surface area contributed by atoms with E-state index in [0.717, 1.165) is 44.2 Å². The Kier molecular flexibility index (Phi) is 6.71. The van der Waals surface area contributed by atoms with Crippen molar-refractivity contribution in [1.82, 2.24) is 15.1 Å². The molecule has 1 atom stereocenters. The summed E-state index contributed by atoms with van der Waals surface area (Å²) in [5.41, 5.74) is 1.10. The number of carbonyl (C=O) groups excluding carboxylic acids is 1. The van der Waals surface area contributed by atoms with Crippen LogP contribution in [0.25, 0.3) is 0 Å². The van der Waals surface area contributed by atoms with Gasteiger partial charge in [-0.2, -0.15) is 0 Å². The molecule has 1 aliphatic rings. The van der Waals surface area contributed by atoms with Crippen LogP contribution in [0.5, 0.6) is 0 Å². The van der Waals surface area contributed by atoms with Crippen LogP contribution >= 0.6 is 15.9 Å². The average molecular weight is 422 g/mol. The van der Waals surface area contributed by atoms with Gasteiger partial charge in [-0.15, -0.1) is 0 Å². The molecule has 26 heavy (non-hydrogen) atoms. The third-order valence-corrected chi connectivity index (χ3v) is 4.84. The lowest BCUT2D eigenvalue weighted by Gasteiger charge is -2.32. The molecule has 140 valence electrons. The van der Waals surface area contributed by atoms with Gasteiger partial charge in [-0.3, -0.25) is 4.90 Å². The van der Waals surface area contributed by atoms with Crippen molar-refractivity contribution in [1.29, 1.82) is 0 Å². The zero-order valence-electron chi connectivity index (χ0n) is 14.9. The third kappa shape index (κ3) is 5.33. The number of urea groups is 1. The second kappa shape index (κ2) is 9.21. The summed E-state index contributed by atoms with van der Waals surface area (Å²) >= 11 is 3.28. The van der Waals surface area contributed by atoms with Crippen molar-refractivity contribution in [2.24, 2.45) is 0 Å². The highest BCUT2D eigenvalue weighted by Crippen LogP contribution is 2.18. The molecule has 2 amide bonds. The molecule has 0 spiro atoms. The molecule has 1 unspecified atom stereocenters. The molecule has 1 aliphatic heterocycles. The van der Waals surface area contributed by atoms with Gasteiger partial charge in [0.1, 0.15) is 5.76 Å². The lowest BCUT2D eigenvalue weighted by Crippen LogP contribution is -2.45. The molecule has 0 aliphatic carbocycles. The number of halogens is 1. The Morgan fingerprint density at radius 3 is 2.62 bits per heavy atom. The lowest BCUT2D eigenvalue weighted by atomic mass is 10.1. The van der Waals surface area contributed by atoms with Crippen molar-refractivity contribution in [3.05, 3.63) is 58.5 Å². The Morgan fingerprint density at radius 1 is 1.23 bits per heavy atom. The van der Waals surface area contributed by atoms with Crippen LogP contribution in [0.1, 0.15) is 17.4 Å². The monoisotopic (exact) mass is 421 g/mol. The smallest absolute Gasteiger partial charge is 0.318 e. The number of furan rings is 1. The molecule has 2 aromatic rings. The fourth-order valence-corrected chi connectivity index (χ4v) is 3.30. The van der Waals surface area contributed by atoms with E-state index in [1.54, 1.807) is 11.9 Å². The summed E-state index contributed by atoms with van der Waals surface area (Å²) in [6, 6.07) is 13.6. The van der Waals surface area contributed by atoms with Crippen LogP contribution in [0.2, 0.25) is 0 Å². The highest BCUT2D eigenvalue weighted by molar-refractivity contribution is 9.10. The van der Waals surface area contributed by atoms with E-state index in [1.165, 1.54) is 0 Å². The molecule has 1 saturated heterocycles. The van der Waals surface area contributed by atoms with E-state index in [4.69, 9.17) is 9.15 Å². The standard InChI is InChI=1S/C19H24BrN3O3/c1-22(13-16-7-8-18(20)26-16)19(24)21-17(15-5-3-2-4-6-15)14-23-9-11-25-12-10-23/h2-8,17H,9-14H2,1H3,(H,21,24). The van der Waals surface area contributed by atoms with Crippen LogP contribution in [-0.2, 0) is 11.3 Å². The number of nitrogens with one attached hydrogen (secondary N) is 1. The van der Waals surface area contributed by atoms with Gasteiger partial charge in [-0.05, 0) is 33.6 Å². The van der Waals surface area contributed by atoms with Gasteiger partial charge in [0.15, 0.2) is 4.67 Å². The minimum Gasteiger partial charge on any atom is -0.452 e. The van der Waals surface area contributed by atoms with Crippen molar-refractivity contribution in [3.8, 4) is 0 Å². The summed E-state index contributed by atoms with van der Waals surface area (Å²) in [7, 11) is 1.77. The van der Waals surface area contributed by atoms with E-state index in [9.17, 15) is 4.79 Å². The number of hydrogen-bond acceptors (Lipinski definition) is 4. The summed E-state index contributed by atoms with van der Waals surface area (Å²) in [4.78, 5) is 16.6. The van der Waals surface area contributed by atoms with Crippen molar-refractivity contribution >= 4 is 22.0 Å². The van der Waals surface area contributed by atoms with Crippen molar-refractivity contribution in [3.63, 3.8) is 0 Å². The molecule has 1 aromatic carbocycles. The number of hydrogen-bond donors (Lipinski definition) is 1. The summed E-state index contributed by atoms with van der Waals surface area (Å²) in [5.74, 6) is 0.735. The van der Waals surface area contributed by atoms with E-state index in [-0.39, 0.29) is 12.1 Å². The maximum Gasteiger partial charge on any atom is 0.318 e. The molecule has 3 rings (SSSR count). The molecular weight excluding hydrogens is 398 g/mol. The number of carbonyl (C=O) groups is 1. The molecule has 1 fully saturated rings. The molecule has 1 aromatic heterocycles. The summed E-state index contributed by atoms with van der Waals surface area (Å²) in [5, 5.41) is 3.16. The van der Waals surface area contributed by atoms with E-state index in [1.807, 2.05) is 30.3 Å². The SMILES string of the molecule is CN(Cc1ccc(Br)o1)C(=O)NC(CN1CCOCC1)c1ccccc1. The third-order valence-electron chi connectivity index (χ3n) is 4.41. The number of nitrogens with zero attached hydrogens (tertiary/aromatic N) is 2. The summed E-state index contributed by atoms with van der Waals surface area (Å²) < 4.78 is 11.6. The molecule has 7 heteroatoms. The van der Waals surface area contributed by atoms with Gasteiger partial charge in [0.2, 0.25) is 0 Å². The minimum absolute atomic E-state index is 0.0763. The molecule has 2 heterocycles. The van der Waals surface area contributed by atoms with Crippen molar-refractivity contribution < 1.29 is 13.9 Å². The number of morpholine rings is 1. The van der Waals surface area contributed by atoms with Crippen molar-refractivity contribution in [2.75, 3.05) is 39.9 Å². The average Bonchev–Trinajstić information content (AvgIpc) is 3.07. The highest BCUT2D eigenvalue weighted by atomic mass is 79.9. The first-order valence-corrected chi connectivity index (χ1v) is 9.52. The zero-order valence-corrected chi connectivity index (χ0v) is 16.4. The predicted octanol–water partition coefficient (Wildman–Crippen LogP) is 3.26. The molecule has 0 bridgehead atoms. The quantitative estimate of drug-likeness (QED) is 0.777. The van der Waals surface area contributed by atoms with E-state index < -0.39 is 0 Å². The van der Waals surface area contributed by atoms with Gasteiger partial charge < -0.3 is 19.4 Å². The maximum absolute atomic E-state index is 12.7. The first-order valence-electron chi connectivity index (χ1n) is 8.72. The highest BCUT2D eigenvalue weighted by Gasteiger charge is 2.22. The van der Waals surface area contributed by atoms with Gasteiger partial charge in [-0.25, -0.2) is 4.79 Å². The second-order valence-electron chi connectivity index (χ2n) is 6.39. The Hall–Kier alpha value is -1.83. The van der Waals surface area contributed by atoms with Gasteiger partial charge in [0.05, 0.1) is 25.8 Å². The zero-order chi connectivity index (χ0) is 18.4. The summed E-state index contributed by atoms with van der Waals surface area (Å²) in [6.45, 7) is 4.42. The molecule has 0 radical (unpaired) electrons. The largest absolute Gasteiger partial charge is 0.452 e. The van der Waals surface area contributed by atoms with Crippen LogP contribution in [0.3, 0.4) is 0 Å². The Balaban J connectivity index is 1.64. The number of benzene rings is 1. The van der Waals surface area contributed by atoms with Crippen LogP contribution in [0.4, 0.5) is 4.79 Å². The number of amides is 2. The van der Waals surface area contributed by atoms with Crippen LogP contribution in [-0.4, -0.2) is 55.7 Å². The maximum atomic E-state index is 12.7. The van der Waals surface area contributed by atoms with Crippen molar-refractivity contribution in [2.45, 2.75) is 12.6 Å². The van der Waals surface area contributed by atoms with Crippen LogP contribution in [0.15, 0.2) is 51.6 Å². The van der Waals surface area contributed by atoms with Crippen LogP contribution in [0, 0.1) is 0 Å². The van der Waals surface area contributed by atoms with E-state index in [0.29, 0.717) is 11.2 Å². The van der Waals surface area contributed by atoms with Gasteiger partial charge in [0, 0.05) is 26.7 Å². The van der Waals surface area contributed by atoms with E-state index in [2.05, 4.69) is 38.3 Å². The predicted molar refractivity (Wildman–Crippen MR) is 103 cm³/mol. The van der Waals surface area contributed by atoms with Gasteiger partial charge in [-0.1, -0.05) is 30.3 Å². The lowest BCUT2D eigenvalue weighted by molar-refractivity contribution is 0.0337. The Labute approximate surface area is 162 Å². The minimum atomic E-state index is -0.125. The molecule has 1 N–H and O–H groups in total. The van der Waals surface area contributed by atoms with Gasteiger partial charge >= 0.3 is 6.03 Å². The second-order valence-corrected chi connectivity index (χ2v) is 7.17. The fraction of sp³-hybridized carbons (Fsp3) is 0.421. The first-order chi connectivity index (χ1) is 12.6. The summed E-state index contributed by atoms with van der Waals surface area (Å²) in [6.07, 6.45) is 0. The van der Waals surface area contributed by atoms with E-state index >= 15 is 0 Å². The molecule has 6 nitrogen and oxygen atoms in total. The fourth-order valence-electron chi connectivity index (χ4n) is 2.96. The Bertz CT molecular complexity index is 701.